The molecule has 1 aliphatic heterocycles. The van der Waals surface area contributed by atoms with Crippen molar-refractivity contribution in [3.8, 4) is 11.3 Å². The second-order valence-corrected chi connectivity index (χ2v) is 10.3. The van der Waals surface area contributed by atoms with Crippen LogP contribution in [0.4, 0.5) is 5.69 Å². The van der Waals surface area contributed by atoms with Crippen LogP contribution in [0, 0.1) is 0 Å². The molecule has 3 aromatic rings. The molecule has 2 N–H and O–H groups in total. The minimum Gasteiger partial charge on any atom is -0.382 e. The zero-order valence-corrected chi connectivity index (χ0v) is 19.5. The van der Waals surface area contributed by atoms with Gasteiger partial charge in [0, 0.05) is 37.3 Å². The number of benzene rings is 2. The molecule has 7 nitrogen and oxygen atoms in total. The van der Waals surface area contributed by atoms with Gasteiger partial charge in [-0.25, -0.2) is 12.7 Å². The Hall–Kier alpha value is -2.39. The SMILES string of the molecule is COCCOCc1cc(NC2CCN(S(C)(=O)=O)CC2)c2[nH]c(-c3ccccc3)cc2c1. The number of sulfonamides is 1. The van der Waals surface area contributed by atoms with Gasteiger partial charge in [-0.15, -0.1) is 0 Å². The topological polar surface area (TPSA) is 83.7 Å². The summed E-state index contributed by atoms with van der Waals surface area (Å²) in [4.78, 5) is 3.58. The summed E-state index contributed by atoms with van der Waals surface area (Å²) < 4.78 is 36.1. The standard InChI is InChI=1S/C24H31N3O4S/c1-30-12-13-31-17-18-14-20-16-22(19-6-4-3-5-7-19)26-24(20)23(15-18)25-21-8-10-27(11-9-21)32(2,28)29/h3-7,14-16,21,25-26H,8-13,17H2,1-2H3. The van der Waals surface area contributed by atoms with Crippen LogP contribution in [0.2, 0.25) is 0 Å². The number of hydrogen-bond donors (Lipinski definition) is 2. The Morgan fingerprint density at radius 2 is 1.84 bits per heavy atom. The van der Waals surface area contributed by atoms with Crippen molar-refractivity contribution in [3.05, 3.63) is 54.1 Å². The summed E-state index contributed by atoms with van der Waals surface area (Å²) in [5.41, 5.74) is 5.35. The number of fused-ring (bicyclic) bond motifs is 1. The van der Waals surface area contributed by atoms with Gasteiger partial charge in [-0.3, -0.25) is 0 Å². The van der Waals surface area contributed by atoms with Gasteiger partial charge in [0.05, 0.1) is 37.3 Å². The number of hydrogen-bond acceptors (Lipinski definition) is 5. The molecule has 2 heterocycles. The highest BCUT2D eigenvalue weighted by atomic mass is 32.2. The van der Waals surface area contributed by atoms with E-state index in [2.05, 4.69) is 40.6 Å². The number of H-pyrrole nitrogens is 1. The second-order valence-electron chi connectivity index (χ2n) is 8.28. The van der Waals surface area contributed by atoms with Crippen molar-refractivity contribution in [3.63, 3.8) is 0 Å². The quantitative estimate of drug-likeness (QED) is 0.477. The Morgan fingerprint density at radius 3 is 2.53 bits per heavy atom. The van der Waals surface area contributed by atoms with Crippen molar-refractivity contribution < 1.29 is 17.9 Å². The monoisotopic (exact) mass is 457 g/mol. The zero-order chi connectivity index (χ0) is 22.6. The Morgan fingerprint density at radius 1 is 1.09 bits per heavy atom. The van der Waals surface area contributed by atoms with Crippen molar-refractivity contribution in [2.45, 2.75) is 25.5 Å². The average Bonchev–Trinajstić information content (AvgIpc) is 3.22. The number of rotatable bonds is 9. The minimum atomic E-state index is -3.13. The maximum absolute atomic E-state index is 11.8. The fraction of sp³-hybridized carbons (Fsp3) is 0.417. The molecular weight excluding hydrogens is 426 g/mol. The summed E-state index contributed by atoms with van der Waals surface area (Å²) in [6.45, 7) is 2.70. The molecule has 1 aromatic heterocycles. The van der Waals surface area contributed by atoms with Gasteiger partial charge in [-0.1, -0.05) is 30.3 Å². The van der Waals surface area contributed by atoms with Crippen molar-refractivity contribution >= 4 is 26.6 Å². The third-order valence-corrected chi connectivity index (χ3v) is 7.16. The molecule has 1 saturated heterocycles. The Kier molecular flexibility index (Phi) is 7.15. The molecule has 8 heteroatoms. The van der Waals surface area contributed by atoms with Crippen LogP contribution in [0.1, 0.15) is 18.4 Å². The smallest absolute Gasteiger partial charge is 0.211 e. The number of aromatic amines is 1. The van der Waals surface area contributed by atoms with Gasteiger partial charge in [0.2, 0.25) is 10.0 Å². The fourth-order valence-corrected chi connectivity index (χ4v) is 5.03. The predicted molar refractivity (Wildman–Crippen MR) is 128 cm³/mol. The van der Waals surface area contributed by atoms with Gasteiger partial charge in [-0.05, 0) is 42.2 Å². The number of ether oxygens (including phenoxy) is 2. The summed E-state index contributed by atoms with van der Waals surface area (Å²) in [6, 6.07) is 16.9. The van der Waals surface area contributed by atoms with E-state index in [1.54, 1.807) is 11.4 Å². The lowest BCUT2D eigenvalue weighted by molar-refractivity contribution is 0.0617. The number of anilines is 1. The lowest BCUT2D eigenvalue weighted by Crippen LogP contribution is -2.41. The molecule has 0 bridgehead atoms. The molecule has 2 aromatic carbocycles. The maximum Gasteiger partial charge on any atom is 0.211 e. The molecule has 1 fully saturated rings. The number of nitrogens with one attached hydrogen (secondary N) is 2. The molecule has 0 unspecified atom stereocenters. The van der Waals surface area contributed by atoms with E-state index >= 15 is 0 Å². The largest absolute Gasteiger partial charge is 0.382 e. The van der Waals surface area contributed by atoms with E-state index in [4.69, 9.17) is 9.47 Å². The highest BCUT2D eigenvalue weighted by Gasteiger charge is 2.25. The maximum atomic E-state index is 11.8. The zero-order valence-electron chi connectivity index (χ0n) is 18.6. The fourth-order valence-electron chi connectivity index (χ4n) is 4.16. The number of piperidine rings is 1. The van der Waals surface area contributed by atoms with Crippen molar-refractivity contribution in [1.29, 1.82) is 0 Å². The molecule has 0 atom stereocenters. The first kappa shape index (κ1) is 22.8. The summed E-state index contributed by atoms with van der Waals surface area (Å²) in [5, 5.41) is 4.79. The number of aromatic nitrogens is 1. The van der Waals surface area contributed by atoms with Gasteiger partial charge in [0.15, 0.2) is 0 Å². The third-order valence-electron chi connectivity index (χ3n) is 5.86. The first-order valence-electron chi connectivity index (χ1n) is 10.9. The van der Waals surface area contributed by atoms with Crippen molar-refractivity contribution in [2.75, 3.05) is 45.0 Å². The first-order chi connectivity index (χ1) is 15.4. The Bertz CT molecular complexity index is 1140. The summed E-state index contributed by atoms with van der Waals surface area (Å²) in [7, 11) is -1.47. The molecule has 1 aliphatic rings. The lowest BCUT2D eigenvalue weighted by atomic mass is 10.0. The van der Waals surface area contributed by atoms with Crippen molar-refractivity contribution in [2.24, 2.45) is 0 Å². The Balaban J connectivity index is 1.59. The van der Waals surface area contributed by atoms with E-state index in [9.17, 15) is 8.42 Å². The molecule has 0 spiro atoms. The number of nitrogens with zero attached hydrogens (tertiary/aromatic N) is 1. The van der Waals surface area contributed by atoms with Crippen LogP contribution < -0.4 is 5.32 Å². The van der Waals surface area contributed by atoms with E-state index in [1.807, 2.05) is 18.2 Å². The summed E-state index contributed by atoms with van der Waals surface area (Å²) in [6.07, 6.45) is 2.83. The molecular formula is C24H31N3O4S. The molecule has 0 radical (unpaired) electrons. The minimum absolute atomic E-state index is 0.212. The molecule has 0 saturated carbocycles. The van der Waals surface area contributed by atoms with E-state index in [0.717, 1.165) is 46.3 Å². The first-order valence-corrected chi connectivity index (χ1v) is 12.8. The van der Waals surface area contributed by atoms with Gasteiger partial charge < -0.3 is 19.8 Å². The van der Waals surface area contributed by atoms with Crippen LogP contribution in [-0.2, 0) is 26.1 Å². The van der Waals surface area contributed by atoms with E-state index < -0.39 is 10.0 Å². The molecule has 0 aliphatic carbocycles. The number of methoxy groups -OCH3 is 1. The van der Waals surface area contributed by atoms with Crippen LogP contribution in [0.3, 0.4) is 0 Å². The van der Waals surface area contributed by atoms with Crippen LogP contribution in [0.5, 0.6) is 0 Å². The molecule has 172 valence electrons. The average molecular weight is 458 g/mol. The van der Waals surface area contributed by atoms with Crippen LogP contribution in [-0.4, -0.2) is 63.4 Å². The summed E-state index contributed by atoms with van der Waals surface area (Å²) in [5.74, 6) is 0. The highest BCUT2D eigenvalue weighted by Crippen LogP contribution is 2.32. The van der Waals surface area contributed by atoms with Crippen molar-refractivity contribution in [1.82, 2.24) is 9.29 Å². The Labute approximate surface area is 189 Å². The predicted octanol–water partition coefficient (Wildman–Crippen LogP) is 3.83. The molecule has 4 rings (SSSR count). The summed E-state index contributed by atoms with van der Waals surface area (Å²) >= 11 is 0. The van der Waals surface area contributed by atoms with E-state index in [-0.39, 0.29) is 6.04 Å². The normalized spacial score (nSPS) is 15.9. The van der Waals surface area contributed by atoms with E-state index in [1.165, 1.54) is 6.26 Å². The van der Waals surface area contributed by atoms with Gasteiger partial charge in [0.1, 0.15) is 0 Å². The molecule has 32 heavy (non-hydrogen) atoms. The molecule has 0 amide bonds. The van der Waals surface area contributed by atoms with Gasteiger partial charge in [-0.2, -0.15) is 0 Å². The van der Waals surface area contributed by atoms with Gasteiger partial charge >= 0.3 is 0 Å². The van der Waals surface area contributed by atoms with Gasteiger partial charge in [0.25, 0.3) is 0 Å². The lowest BCUT2D eigenvalue weighted by Gasteiger charge is -2.31. The highest BCUT2D eigenvalue weighted by molar-refractivity contribution is 7.88. The van der Waals surface area contributed by atoms with Crippen LogP contribution in [0.25, 0.3) is 22.2 Å². The van der Waals surface area contributed by atoms with E-state index in [0.29, 0.717) is 32.9 Å². The van der Waals surface area contributed by atoms with Crippen LogP contribution >= 0.6 is 0 Å². The second kappa shape index (κ2) is 10.0. The third kappa shape index (κ3) is 5.50. The van der Waals surface area contributed by atoms with Crippen LogP contribution in [0.15, 0.2) is 48.5 Å².